The lowest BCUT2D eigenvalue weighted by Crippen LogP contribution is -2.39. The van der Waals surface area contributed by atoms with E-state index in [-0.39, 0.29) is 11.9 Å². The third-order valence-electron chi connectivity index (χ3n) is 5.44. The van der Waals surface area contributed by atoms with E-state index in [0.717, 1.165) is 42.7 Å². The summed E-state index contributed by atoms with van der Waals surface area (Å²) in [5.41, 5.74) is 2.35. The molecule has 0 saturated carbocycles. The minimum absolute atomic E-state index is 0.0380. The van der Waals surface area contributed by atoms with Gasteiger partial charge >= 0.3 is 0 Å². The number of aromatic nitrogens is 3. The number of likely N-dealkylation sites (N-methyl/N-ethyl adjacent to an activating group) is 1. The van der Waals surface area contributed by atoms with Gasteiger partial charge in [-0.05, 0) is 44.6 Å². The van der Waals surface area contributed by atoms with E-state index in [1.807, 2.05) is 39.9 Å². The zero-order valence-electron chi connectivity index (χ0n) is 16.2. The third kappa shape index (κ3) is 3.75. The van der Waals surface area contributed by atoms with Crippen molar-refractivity contribution in [2.45, 2.75) is 25.9 Å². The van der Waals surface area contributed by atoms with Gasteiger partial charge in [0.05, 0.1) is 18.3 Å². The molecular weight excluding hydrogens is 374 g/mol. The molecule has 7 heteroatoms. The maximum atomic E-state index is 13.1. The quantitative estimate of drug-likeness (QED) is 0.680. The average molecular weight is 398 g/mol. The van der Waals surface area contributed by atoms with E-state index in [4.69, 9.17) is 11.6 Å². The van der Waals surface area contributed by atoms with Gasteiger partial charge in [0.25, 0.3) is 5.91 Å². The lowest BCUT2D eigenvalue weighted by molar-refractivity contribution is 0.0702. The average Bonchev–Trinajstić information content (AvgIpc) is 3.01. The van der Waals surface area contributed by atoms with Gasteiger partial charge in [0.15, 0.2) is 5.65 Å². The Hall–Kier alpha value is -2.44. The van der Waals surface area contributed by atoms with Crippen molar-refractivity contribution in [1.82, 2.24) is 24.6 Å². The molecule has 1 unspecified atom stereocenters. The SMILES string of the molecule is CC1CCN(C)CCN1C(=O)c1cnc2c(cnn2Cc2ccccc2Cl)c1. The van der Waals surface area contributed by atoms with Crippen LogP contribution in [0.5, 0.6) is 0 Å². The van der Waals surface area contributed by atoms with Gasteiger partial charge in [0.2, 0.25) is 0 Å². The number of carbonyl (C=O) groups excluding carboxylic acids is 1. The minimum Gasteiger partial charge on any atom is -0.335 e. The van der Waals surface area contributed by atoms with Crippen molar-refractivity contribution < 1.29 is 4.79 Å². The van der Waals surface area contributed by atoms with Gasteiger partial charge in [0, 0.05) is 35.7 Å². The molecule has 6 nitrogen and oxygen atoms in total. The van der Waals surface area contributed by atoms with Crippen LogP contribution in [0.4, 0.5) is 0 Å². The summed E-state index contributed by atoms with van der Waals surface area (Å²) in [5, 5.41) is 6.01. The van der Waals surface area contributed by atoms with Crippen LogP contribution >= 0.6 is 11.6 Å². The van der Waals surface area contributed by atoms with Crippen LogP contribution < -0.4 is 0 Å². The number of benzene rings is 1. The maximum absolute atomic E-state index is 13.1. The van der Waals surface area contributed by atoms with Crippen LogP contribution in [0.1, 0.15) is 29.3 Å². The fraction of sp³-hybridized carbons (Fsp3) is 0.381. The summed E-state index contributed by atoms with van der Waals surface area (Å²) in [4.78, 5) is 21.9. The molecular formula is C21H24ClN5O. The number of pyridine rings is 1. The van der Waals surface area contributed by atoms with E-state index in [9.17, 15) is 4.79 Å². The maximum Gasteiger partial charge on any atom is 0.255 e. The largest absolute Gasteiger partial charge is 0.335 e. The Labute approximate surface area is 169 Å². The van der Waals surface area contributed by atoms with Crippen molar-refractivity contribution in [3.63, 3.8) is 0 Å². The Morgan fingerprint density at radius 3 is 2.86 bits per heavy atom. The van der Waals surface area contributed by atoms with Crippen molar-refractivity contribution in [2.24, 2.45) is 0 Å². The Morgan fingerprint density at radius 1 is 1.21 bits per heavy atom. The first-order chi connectivity index (χ1) is 13.5. The van der Waals surface area contributed by atoms with Gasteiger partial charge in [-0.1, -0.05) is 29.8 Å². The standard InChI is InChI=1S/C21H24ClN5O/c1-15-7-8-25(2)9-10-26(15)21(28)18-11-17-13-24-27(20(17)23-12-18)14-16-5-3-4-6-19(16)22/h3-6,11-13,15H,7-10,14H2,1-2H3. The lowest BCUT2D eigenvalue weighted by Gasteiger charge is -2.26. The third-order valence-corrected chi connectivity index (χ3v) is 5.81. The highest BCUT2D eigenvalue weighted by Gasteiger charge is 2.25. The molecule has 146 valence electrons. The van der Waals surface area contributed by atoms with Crippen LogP contribution in [0.3, 0.4) is 0 Å². The molecule has 28 heavy (non-hydrogen) atoms. The molecule has 0 N–H and O–H groups in total. The summed E-state index contributed by atoms with van der Waals surface area (Å²) in [7, 11) is 2.10. The second-order valence-corrected chi connectivity index (χ2v) is 7.88. The van der Waals surface area contributed by atoms with E-state index in [1.165, 1.54) is 0 Å². The molecule has 1 aliphatic rings. The van der Waals surface area contributed by atoms with Gasteiger partial charge in [-0.2, -0.15) is 5.10 Å². The van der Waals surface area contributed by atoms with Gasteiger partial charge in [-0.3, -0.25) is 4.79 Å². The van der Waals surface area contributed by atoms with Crippen molar-refractivity contribution in [3.05, 3.63) is 58.9 Å². The first-order valence-electron chi connectivity index (χ1n) is 9.57. The number of halogens is 1. The van der Waals surface area contributed by atoms with Crippen LogP contribution in [0, 0.1) is 0 Å². The molecule has 4 rings (SSSR count). The predicted molar refractivity (Wildman–Crippen MR) is 111 cm³/mol. The van der Waals surface area contributed by atoms with E-state index in [0.29, 0.717) is 17.1 Å². The topological polar surface area (TPSA) is 54.3 Å². The molecule has 3 heterocycles. The summed E-state index contributed by atoms with van der Waals surface area (Å²) in [6.07, 6.45) is 4.40. The molecule has 1 aliphatic heterocycles. The van der Waals surface area contributed by atoms with Crippen LogP contribution in [-0.2, 0) is 6.54 Å². The fourth-order valence-corrected chi connectivity index (χ4v) is 3.83. The highest BCUT2D eigenvalue weighted by atomic mass is 35.5. The minimum atomic E-state index is 0.0380. The van der Waals surface area contributed by atoms with E-state index in [1.54, 1.807) is 12.4 Å². The van der Waals surface area contributed by atoms with Crippen molar-refractivity contribution >= 4 is 28.5 Å². The Bertz CT molecular complexity index is 1000. The zero-order chi connectivity index (χ0) is 19.7. The summed E-state index contributed by atoms with van der Waals surface area (Å²) in [6, 6.07) is 9.82. The number of fused-ring (bicyclic) bond motifs is 1. The van der Waals surface area contributed by atoms with Crippen molar-refractivity contribution in [1.29, 1.82) is 0 Å². The van der Waals surface area contributed by atoms with Gasteiger partial charge in [-0.25, -0.2) is 9.67 Å². The predicted octanol–water partition coefficient (Wildman–Crippen LogP) is 3.30. The highest BCUT2D eigenvalue weighted by molar-refractivity contribution is 6.31. The highest BCUT2D eigenvalue weighted by Crippen LogP contribution is 2.20. The summed E-state index contributed by atoms with van der Waals surface area (Å²) >= 11 is 6.27. The smallest absolute Gasteiger partial charge is 0.255 e. The first kappa shape index (κ1) is 18.9. The van der Waals surface area contributed by atoms with Gasteiger partial charge in [0.1, 0.15) is 0 Å². The van der Waals surface area contributed by atoms with Crippen molar-refractivity contribution in [3.8, 4) is 0 Å². The number of rotatable bonds is 3. The first-order valence-corrected chi connectivity index (χ1v) is 9.95. The molecule has 3 aromatic rings. The fourth-order valence-electron chi connectivity index (χ4n) is 3.63. The molecule has 2 aromatic heterocycles. The molecule has 1 saturated heterocycles. The van der Waals surface area contributed by atoms with Crippen LogP contribution in [-0.4, -0.2) is 63.2 Å². The van der Waals surface area contributed by atoms with Crippen LogP contribution in [0.25, 0.3) is 11.0 Å². The Morgan fingerprint density at radius 2 is 2.04 bits per heavy atom. The van der Waals surface area contributed by atoms with Gasteiger partial charge < -0.3 is 9.80 Å². The lowest BCUT2D eigenvalue weighted by atomic mass is 10.1. The second-order valence-electron chi connectivity index (χ2n) is 7.47. The monoisotopic (exact) mass is 397 g/mol. The second kappa shape index (κ2) is 7.89. The molecule has 1 atom stereocenters. The molecule has 0 bridgehead atoms. The molecule has 1 amide bonds. The number of carbonyl (C=O) groups is 1. The zero-order valence-corrected chi connectivity index (χ0v) is 16.9. The normalized spacial score (nSPS) is 18.4. The Balaban J connectivity index is 1.59. The molecule has 0 spiro atoms. The summed E-state index contributed by atoms with van der Waals surface area (Å²) in [6.45, 7) is 5.29. The van der Waals surface area contributed by atoms with Gasteiger partial charge in [-0.15, -0.1) is 0 Å². The number of amides is 1. The van der Waals surface area contributed by atoms with E-state index >= 15 is 0 Å². The number of hydrogen-bond acceptors (Lipinski definition) is 4. The van der Waals surface area contributed by atoms with E-state index in [2.05, 4.69) is 29.0 Å². The van der Waals surface area contributed by atoms with Crippen LogP contribution in [0.15, 0.2) is 42.7 Å². The molecule has 1 fully saturated rings. The molecule has 0 radical (unpaired) electrons. The summed E-state index contributed by atoms with van der Waals surface area (Å²) in [5.74, 6) is 0.0380. The van der Waals surface area contributed by atoms with Crippen LogP contribution in [0.2, 0.25) is 5.02 Å². The summed E-state index contributed by atoms with van der Waals surface area (Å²) < 4.78 is 1.81. The molecule has 1 aromatic carbocycles. The number of hydrogen-bond donors (Lipinski definition) is 0. The Kier molecular flexibility index (Phi) is 5.33. The number of nitrogens with zero attached hydrogens (tertiary/aromatic N) is 5. The van der Waals surface area contributed by atoms with Crippen molar-refractivity contribution in [2.75, 3.05) is 26.7 Å². The van der Waals surface area contributed by atoms with E-state index < -0.39 is 0 Å². The molecule has 0 aliphatic carbocycles.